The van der Waals surface area contributed by atoms with Crippen LogP contribution in [0.3, 0.4) is 0 Å². The molecule has 0 atom stereocenters. The van der Waals surface area contributed by atoms with Crippen LogP contribution in [0.5, 0.6) is 0 Å². The van der Waals surface area contributed by atoms with E-state index in [0.717, 1.165) is 0 Å². The lowest BCUT2D eigenvalue weighted by Gasteiger charge is -2.05. The smallest absolute Gasteiger partial charge is 0.0331 e. The molecule has 0 aliphatic heterocycles. The monoisotopic (exact) mass is 286 g/mol. The molecule has 0 radical (unpaired) electrons. The van der Waals surface area contributed by atoms with Gasteiger partial charge in [0.25, 0.3) is 0 Å². The van der Waals surface area contributed by atoms with Crippen LogP contribution in [0, 0.1) is 0 Å². The molecule has 0 amide bonds. The average molecular weight is 286 g/mol. The molecule has 0 spiro atoms. The molecule has 1 heteroatoms. The molecule has 0 unspecified atom stereocenters. The second-order valence-electron chi connectivity index (χ2n) is 6.40. The minimum Gasteiger partial charge on any atom is -0.113 e. The molecule has 0 aromatic rings. The van der Waals surface area contributed by atoms with E-state index in [1.54, 1.807) is 0 Å². The number of hydrogen-bond acceptors (Lipinski definition) is 0. The zero-order valence-corrected chi connectivity index (χ0v) is 14.9. The van der Waals surface area contributed by atoms with Gasteiger partial charge in [-0.15, -0.1) is 7.92 Å². The van der Waals surface area contributed by atoms with E-state index in [0.29, 0.717) is 7.92 Å². The molecule has 0 nitrogen and oxygen atoms in total. The molecule has 0 aliphatic carbocycles. The maximum Gasteiger partial charge on any atom is -0.0331 e. The first-order valence-corrected chi connectivity index (χ1v) is 11.3. The highest BCUT2D eigenvalue weighted by molar-refractivity contribution is 7.55. The highest BCUT2D eigenvalue weighted by Gasteiger charge is 1.95. The molecule has 0 aliphatic rings. The third-order valence-electron chi connectivity index (χ3n) is 3.96. The van der Waals surface area contributed by atoms with Gasteiger partial charge in [0.15, 0.2) is 0 Å². The van der Waals surface area contributed by atoms with Crippen molar-refractivity contribution in [3.8, 4) is 0 Å². The van der Waals surface area contributed by atoms with Crippen molar-refractivity contribution in [1.82, 2.24) is 0 Å². The normalized spacial score (nSPS) is 11.4. The van der Waals surface area contributed by atoms with E-state index >= 15 is 0 Å². The van der Waals surface area contributed by atoms with Gasteiger partial charge >= 0.3 is 0 Å². The van der Waals surface area contributed by atoms with Crippen molar-refractivity contribution in [1.29, 1.82) is 0 Å². The van der Waals surface area contributed by atoms with Crippen molar-refractivity contribution in [3.63, 3.8) is 0 Å². The summed E-state index contributed by atoms with van der Waals surface area (Å²) in [7, 11) is 0.359. The molecule has 19 heavy (non-hydrogen) atoms. The first kappa shape index (κ1) is 19.4. The first-order valence-electron chi connectivity index (χ1n) is 8.92. The van der Waals surface area contributed by atoms with Crippen molar-refractivity contribution in [2.24, 2.45) is 0 Å². The lowest BCUT2D eigenvalue weighted by Crippen LogP contribution is -1.85. The van der Waals surface area contributed by atoms with E-state index in [2.05, 4.69) is 20.3 Å². The van der Waals surface area contributed by atoms with Crippen LogP contribution in [-0.4, -0.2) is 19.5 Å². The van der Waals surface area contributed by atoms with E-state index in [-0.39, 0.29) is 0 Å². The fourth-order valence-electron chi connectivity index (χ4n) is 2.62. The predicted molar refractivity (Wildman–Crippen MR) is 93.9 cm³/mol. The van der Waals surface area contributed by atoms with E-state index in [4.69, 9.17) is 0 Å². The largest absolute Gasteiger partial charge is 0.113 e. The topological polar surface area (TPSA) is 0 Å². The van der Waals surface area contributed by atoms with Crippen molar-refractivity contribution in [2.45, 2.75) is 96.8 Å². The Morgan fingerprint density at radius 2 is 0.789 bits per heavy atom. The minimum absolute atomic E-state index is 0.359. The maximum absolute atomic E-state index is 2.40. The van der Waals surface area contributed by atoms with Gasteiger partial charge in [-0.3, -0.25) is 0 Å². The van der Waals surface area contributed by atoms with Crippen molar-refractivity contribution < 1.29 is 0 Å². The van der Waals surface area contributed by atoms with E-state index in [1.807, 2.05) is 0 Å². The van der Waals surface area contributed by atoms with Crippen molar-refractivity contribution in [2.75, 3.05) is 19.5 Å². The summed E-state index contributed by atoms with van der Waals surface area (Å²) in [6.07, 6.45) is 22.1. The molecule has 116 valence electrons. The van der Waals surface area contributed by atoms with E-state index < -0.39 is 0 Å². The molecule has 0 bridgehead atoms. The third-order valence-corrected chi connectivity index (χ3v) is 5.17. The Morgan fingerprint density at radius 1 is 0.474 bits per heavy atom. The van der Waals surface area contributed by atoms with Gasteiger partial charge in [0.1, 0.15) is 0 Å². The van der Waals surface area contributed by atoms with E-state index in [1.165, 1.54) is 96.1 Å². The van der Waals surface area contributed by atoms with Crippen LogP contribution < -0.4 is 0 Å². The predicted octanol–water partition coefficient (Wildman–Crippen LogP) is 7.21. The summed E-state index contributed by atoms with van der Waals surface area (Å²) >= 11 is 0. The van der Waals surface area contributed by atoms with Gasteiger partial charge in [-0.05, 0) is 25.9 Å². The molecule has 0 saturated heterocycles. The minimum atomic E-state index is 0.359. The fraction of sp³-hybridized carbons (Fsp3) is 1.00. The van der Waals surface area contributed by atoms with Crippen molar-refractivity contribution in [3.05, 3.63) is 0 Å². The molecule has 0 fully saturated rings. The Hall–Kier alpha value is 0.430. The van der Waals surface area contributed by atoms with Gasteiger partial charge in [0.05, 0.1) is 0 Å². The van der Waals surface area contributed by atoms with Gasteiger partial charge in [-0.1, -0.05) is 90.4 Å². The molecule has 0 aromatic carbocycles. The van der Waals surface area contributed by atoms with Crippen LogP contribution in [-0.2, 0) is 0 Å². The Morgan fingerprint density at radius 3 is 1.11 bits per heavy atom. The van der Waals surface area contributed by atoms with Gasteiger partial charge in [0, 0.05) is 0 Å². The summed E-state index contributed by atoms with van der Waals surface area (Å²) in [6, 6.07) is 0. The summed E-state index contributed by atoms with van der Waals surface area (Å²) < 4.78 is 0. The zero-order chi connectivity index (χ0) is 14.2. The summed E-state index contributed by atoms with van der Waals surface area (Å²) in [5.74, 6) is 0. The van der Waals surface area contributed by atoms with E-state index in [9.17, 15) is 0 Å². The first-order chi connectivity index (χ1) is 9.27. The van der Waals surface area contributed by atoms with Crippen LogP contribution in [0.4, 0.5) is 0 Å². The van der Waals surface area contributed by atoms with Crippen LogP contribution >= 0.6 is 7.92 Å². The highest BCUT2D eigenvalue weighted by Crippen LogP contribution is 2.26. The Balaban J connectivity index is 2.91. The SMILES string of the molecule is CCCCCCCCCCCCCCCCP(C)C. The quantitative estimate of drug-likeness (QED) is 0.220. The Labute approximate surface area is 124 Å². The summed E-state index contributed by atoms with van der Waals surface area (Å²) in [5.41, 5.74) is 0. The molecular formula is C18H39P. The van der Waals surface area contributed by atoms with Crippen molar-refractivity contribution >= 4 is 7.92 Å². The Kier molecular flexibility index (Phi) is 16.9. The molecule has 0 aromatic heterocycles. The lowest BCUT2D eigenvalue weighted by atomic mass is 10.0. The number of unbranched alkanes of at least 4 members (excludes halogenated alkanes) is 13. The maximum atomic E-state index is 2.40. The average Bonchev–Trinajstić information content (AvgIpc) is 2.39. The van der Waals surface area contributed by atoms with Gasteiger partial charge < -0.3 is 0 Å². The third kappa shape index (κ3) is 18.4. The molecule has 0 N–H and O–H groups in total. The van der Waals surface area contributed by atoms with Crippen LogP contribution in [0.25, 0.3) is 0 Å². The molecule has 0 heterocycles. The highest BCUT2D eigenvalue weighted by atomic mass is 31.1. The zero-order valence-electron chi connectivity index (χ0n) is 14.1. The summed E-state index contributed by atoms with van der Waals surface area (Å²) in [6.45, 7) is 7.10. The summed E-state index contributed by atoms with van der Waals surface area (Å²) in [5, 5.41) is 0. The fourth-order valence-corrected chi connectivity index (χ4v) is 3.48. The van der Waals surface area contributed by atoms with Gasteiger partial charge in [-0.25, -0.2) is 0 Å². The van der Waals surface area contributed by atoms with Crippen LogP contribution in [0.1, 0.15) is 96.8 Å². The van der Waals surface area contributed by atoms with Gasteiger partial charge in [0.2, 0.25) is 0 Å². The second kappa shape index (κ2) is 16.5. The Bertz CT molecular complexity index is 154. The second-order valence-corrected chi connectivity index (χ2v) is 9.01. The lowest BCUT2D eigenvalue weighted by molar-refractivity contribution is 0.538. The summed E-state index contributed by atoms with van der Waals surface area (Å²) in [4.78, 5) is 0. The van der Waals surface area contributed by atoms with Crippen LogP contribution in [0.15, 0.2) is 0 Å². The molecule has 0 saturated carbocycles. The standard InChI is InChI=1S/C18H39P/c1-4-5-6-7-8-9-10-11-12-13-14-15-16-17-18-19(2)3/h4-18H2,1-3H3. The number of rotatable bonds is 15. The number of hydrogen-bond donors (Lipinski definition) is 0. The van der Waals surface area contributed by atoms with Gasteiger partial charge in [-0.2, -0.15) is 0 Å². The van der Waals surface area contributed by atoms with Crippen LogP contribution in [0.2, 0.25) is 0 Å². The molecule has 0 rings (SSSR count). The molecular weight excluding hydrogens is 247 g/mol.